The number of carbonyl (C=O) groups is 1. The van der Waals surface area contributed by atoms with Gasteiger partial charge in [-0.15, -0.1) is 0 Å². The van der Waals surface area contributed by atoms with Gasteiger partial charge in [0.1, 0.15) is 0 Å². The van der Waals surface area contributed by atoms with Gasteiger partial charge in [0, 0.05) is 12.6 Å². The summed E-state index contributed by atoms with van der Waals surface area (Å²) in [5.41, 5.74) is 0. The van der Waals surface area contributed by atoms with Crippen molar-refractivity contribution in [3.8, 4) is 0 Å². The Morgan fingerprint density at radius 3 is 2.53 bits per heavy atom. The summed E-state index contributed by atoms with van der Waals surface area (Å²) >= 11 is 0. The number of piperidine rings is 1. The molecule has 1 saturated heterocycles. The second-order valence-corrected chi connectivity index (χ2v) is 5.29. The summed E-state index contributed by atoms with van der Waals surface area (Å²) in [6.45, 7) is 11.1. The van der Waals surface area contributed by atoms with Crippen molar-refractivity contribution in [3.05, 3.63) is 0 Å². The molecule has 0 aromatic heterocycles. The average molecular weight is 241 g/mol. The van der Waals surface area contributed by atoms with Gasteiger partial charge in [-0.2, -0.15) is 0 Å². The van der Waals surface area contributed by atoms with Crippen LogP contribution in [0.3, 0.4) is 0 Å². The van der Waals surface area contributed by atoms with Gasteiger partial charge in [0.2, 0.25) is 5.91 Å². The minimum Gasteiger partial charge on any atom is -0.355 e. The maximum absolute atomic E-state index is 11.5. The zero-order valence-corrected chi connectivity index (χ0v) is 11.5. The van der Waals surface area contributed by atoms with E-state index < -0.39 is 0 Å². The summed E-state index contributed by atoms with van der Waals surface area (Å²) in [6.07, 6.45) is 2.32. The molecule has 2 N–H and O–H groups in total. The van der Waals surface area contributed by atoms with Crippen molar-refractivity contribution in [3.63, 3.8) is 0 Å². The quantitative estimate of drug-likeness (QED) is 0.724. The molecule has 0 aliphatic carbocycles. The van der Waals surface area contributed by atoms with Crippen molar-refractivity contribution in [1.82, 2.24) is 15.5 Å². The fourth-order valence-electron chi connectivity index (χ4n) is 2.07. The minimum absolute atomic E-state index is 0.122. The zero-order chi connectivity index (χ0) is 12.7. The molecule has 1 fully saturated rings. The van der Waals surface area contributed by atoms with E-state index >= 15 is 0 Å². The number of hydrogen-bond donors (Lipinski definition) is 2. The maximum atomic E-state index is 11.5. The first-order valence-electron chi connectivity index (χ1n) is 6.84. The molecule has 0 spiro atoms. The van der Waals surface area contributed by atoms with E-state index in [0.29, 0.717) is 18.5 Å². The van der Waals surface area contributed by atoms with Gasteiger partial charge < -0.3 is 15.5 Å². The van der Waals surface area contributed by atoms with Crippen molar-refractivity contribution in [2.45, 2.75) is 39.7 Å². The third-order valence-electron chi connectivity index (χ3n) is 3.29. The predicted molar refractivity (Wildman–Crippen MR) is 71.0 cm³/mol. The van der Waals surface area contributed by atoms with Crippen LogP contribution in [-0.4, -0.2) is 49.6 Å². The van der Waals surface area contributed by atoms with Crippen LogP contribution < -0.4 is 10.6 Å². The third-order valence-corrected chi connectivity index (χ3v) is 3.29. The second-order valence-electron chi connectivity index (χ2n) is 5.29. The highest BCUT2D eigenvalue weighted by molar-refractivity contribution is 5.77. The number of nitrogens with zero attached hydrogens (tertiary/aromatic N) is 1. The topological polar surface area (TPSA) is 44.4 Å². The molecule has 4 heteroatoms. The number of carbonyl (C=O) groups excluding carboxylic acids is 1. The van der Waals surface area contributed by atoms with Crippen LogP contribution in [0.15, 0.2) is 0 Å². The molecule has 0 unspecified atom stereocenters. The van der Waals surface area contributed by atoms with Gasteiger partial charge in [-0.25, -0.2) is 0 Å². The minimum atomic E-state index is 0.122. The predicted octanol–water partition coefficient (Wildman–Crippen LogP) is 0.833. The fourth-order valence-corrected chi connectivity index (χ4v) is 2.07. The molecule has 1 aliphatic rings. The Balaban J connectivity index is 2.08. The zero-order valence-electron chi connectivity index (χ0n) is 11.5. The van der Waals surface area contributed by atoms with Crippen molar-refractivity contribution in [1.29, 1.82) is 0 Å². The lowest BCUT2D eigenvalue weighted by atomic mass is 10.1. The van der Waals surface area contributed by atoms with Crippen LogP contribution in [0.5, 0.6) is 0 Å². The molecule has 0 aromatic carbocycles. The Morgan fingerprint density at radius 2 is 2.00 bits per heavy atom. The van der Waals surface area contributed by atoms with Gasteiger partial charge >= 0.3 is 0 Å². The van der Waals surface area contributed by atoms with Crippen LogP contribution in [0.2, 0.25) is 0 Å². The summed E-state index contributed by atoms with van der Waals surface area (Å²) < 4.78 is 0. The summed E-state index contributed by atoms with van der Waals surface area (Å²) in [5, 5.41) is 6.28. The smallest absolute Gasteiger partial charge is 0.233 e. The molecule has 17 heavy (non-hydrogen) atoms. The average Bonchev–Trinajstić information content (AvgIpc) is 2.34. The first kappa shape index (κ1) is 14.5. The van der Waals surface area contributed by atoms with E-state index in [2.05, 4.69) is 36.3 Å². The van der Waals surface area contributed by atoms with Crippen molar-refractivity contribution in [2.75, 3.05) is 32.7 Å². The van der Waals surface area contributed by atoms with Crippen LogP contribution in [0.1, 0.15) is 33.6 Å². The molecule has 0 atom stereocenters. The van der Waals surface area contributed by atoms with E-state index in [9.17, 15) is 4.79 Å². The molecule has 0 radical (unpaired) electrons. The fraction of sp³-hybridized carbons (Fsp3) is 0.923. The molecule has 1 heterocycles. The van der Waals surface area contributed by atoms with Gasteiger partial charge in [0.05, 0.1) is 6.54 Å². The Labute approximate surface area is 105 Å². The molecule has 1 aliphatic heterocycles. The van der Waals surface area contributed by atoms with Crippen LogP contribution in [0.25, 0.3) is 0 Å². The van der Waals surface area contributed by atoms with E-state index in [1.807, 2.05) is 0 Å². The molecule has 0 aromatic rings. The molecular weight excluding hydrogens is 214 g/mol. The van der Waals surface area contributed by atoms with Gasteiger partial charge in [0.25, 0.3) is 0 Å². The summed E-state index contributed by atoms with van der Waals surface area (Å²) in [5.74, 6) is 0.642. The number of rotatable bonds is 6. The van der Waals surface area contributed by atoms with Gasteiger partial charge in [-0.1, -0.05) is 20.8 Å². The SMILES string of the molecule is CCN1CCC(NCC(=O)NCC(C)C)CC1. The molecule has 100 valence electrons. The largest absolute Gasteiger partial charge is 0.355 e. The van der Waals surface area contributed by atoms with E-state index in [0.717, 1.165) is 39.0 Å². The molecule has 1 amide bonds. The molecule has 0 bridgehead atoms. The van der Waals surface area contributed by atoms with Crippen LogP contribution in [-0.2, 0) is 4.79 Å². The normalized spacial score (nSPS) is 18.6. The van der Waals surface area contributed by atoms with Gasteiger partial charge in [-0.3, -0.25) is 4.79 Å². The summed E-state index contributed by atoms with van der Waals surface area (Å²) in [6, 6.07) is 0.516. The lowest BCUT2D eigenvalue weighted by Crippen LogP contribution is -2.45. The number of amides is 1. The highest BCUT2D eigenvalue weighted by atomic mass is 16.1. The van der Waals surface area contributed by atoms with Crippen molar-refractivity contribution < 1.29 is 4.79 Å². The van der Waals surface area contributed by atoms with Crippen molar-refractivity contribution in [2.24, 2.45) is 5.92 Å². The Hall–Kier alpha value is -0.610. The van der Waals surface area contributed by atoms with Crippen LogP contribution in [0.4, 0.5) is 0 Å². The van der Waals surface area contributed by atoms with Crippen LogP contribution >= 0.6 is 0 Å². The molecule has 0 saturated carbocycles. The van der Waals surface area contributed by atoms with Gasteiger partial charge in [0.15, 0.2) is 0 Å². The summed E-state index contributed by atoms with van der Waals surface area (Å²) in [4.78, 5) is 14.0. The Morgan fingerprint density at radius 1 is 1.35 bits per heavy atom. The number of nitrogens with one attached hydrogen (secondary N) is 2. The first-order chi connectivity index (χ1) is 8.11. The van der Waals surface area contributed by atoms with Crippen molar-refractivity contribution >= 4 is 5.91 Å². The van der Waals surface area contributed by atoms with E-state index in [1.165, 1.54) is 0 Å². The monoisotopic (exact) mass is 241 g/mol. The number of hydrogen-bond acceptors (Lipinski definition) is 3. The van der Waals surface area contributed by atoms with E-state index in [1.54, 1.807) is 0 Å². The standard InChI is InChI=1S/C13H27N3O/c1-4-16-7-5-12(6-8-16)14-10-13(17)15-9-11(2)3/h11-12,14H,4-10H2,1-3H3,(H,15,17). The third kappa shape index (κ3) is 6.03. The lowest BCUT2D eigenvalue weighted by molar-refractivity contribution is -0.120. The molecular formula is C13H27N3O. The van der Waals surface area contributed by atoms with Gasteiger partial charge in [-0.05, 0) is 38.4 Å². The molecule has 4 nitrogen and oxygen atoms in total. The van der Waals surface area contributed by atoms with Crippen LogP contribution in [0, 0.1) is 5.92 Å². The number of likely N-dealkylation sites (tertiary alicyclic amines) is 1. The Bertz CT molecular complexity index is 223. The van der Waals surface area contributed by atoms with E-state index in [4.69, 9.17) is 0 Å². The van der Waals surface area contributed by atoms with E-state index in [-0.39, 0.29) is 5.91 Å². The highest BCUT2D eigenvalue weighted by Gasteiger charge is 2.17. The molecule has 1 rings (SSSR count). The summed E-state index contributed by atoms with van der Waals surface area (Å²) in [7, 11) is 0. The second kappa shape index (κ2) is 7.67. The Kier molecular flexibility index (Phi) is 6.52. The highest BCUT2D eigenvalue weighted by Crippen LogP contribution is 2.09. The lowest BCUT2D eigenvalue weighted by Gasteiger charge is -2.31. The maximum Gasteiger partial charge on any atom is 0.233 e. The first-order valence-corrected chi connectivity index (χ1v) is 6.84.